The quantitative estimate of drug-likeness (QED) is 0.644. The molecule has 88 valence electrons. The Morgan fingerprint density at radius 1 is 1.12 bits per heavy atom. The van der Waals surface area contributed by atoms with Crippen molar-refractivity contribution in [2.45, 2.75) is 6.54 Å². The number of hydrogen-bond donors (Lipinski definition) is 2. The lowest BCUT2D eigenvalue weighted by Gasteiger charge is -2.27. The molecule has 0 unspecified atom stereocenters. The first kappa shape index (κ1) is 11.4. The Hall–Kier alpha value is -1.06. The molecule has 0 bridgehead atoms. The van der Waals surface area contributed by atoms with Gasteiger partial charge in [-0.15, -0.1) is 0 Å². The third-order valence-electron chi connectivity index (χ3n) is 3.44. The van der Waals surface area contributed by atoms with E-state index in [2.05, 4.69) is 25.2 Å². The van der Waals surface area contributed by atoms with Crippen LogP contribution < -0.4 is 14.5 Å². The van der Waals surface area contributed by atoms with Crippen LogP contribution in [-0.4, -0.2) is 40.3 Å². The summed E-state index contributed by atoms with van der Waals surface area (Å²) < 4.78 is 5.39. The second kappa shape index (κ2) is 5.32. The smallest absolute Gasteiger partial charge is 0.127 e. The van der Waals surface area contributed by atoms with Gasteiger partial charge in [-0.25, -0.2) is 0 Å². The average molecular weight is 222 g/mol. The Balaban J connectivity index is 1.98. The number of nitrogens with one attached hydrogen (secondary N) is 2. The molecular weight excluding hydrogens is 200 g/mol. The summed E-state index contributed by atoms with van der Waals surface area (Å²) >= 11 is 0. The first-order valence-electron chi connectivity index (χ1n) is 6.06. The summed E-state index contributed by atoms with van der Waals surface area (Å²) in [6, 6.07) is 8.36. The van der Waals surface area contributed by atoms with E-state index in [1.165, 1.54) is 31.7 Å². The summed E-state index contributed by atoms with van der Waals surface area (Å²) in [5.41, 5.74) is 1.33. The highest BCUT2D eigenvalue weighted by molar-refractivity contribution is 5.32. The van der Waals surface area contributed by atoms with Gasteiger partial charge in [0.25, 0.3) is 0 Å². The minimum atomic E-state index is 1.03. The van der Waals surface area contributed by atoms with Crippen LogP contribution in [0.4, 0.5) is 0 Å². The van der Waals surface area contributed by atoms with Crippen molar-refractivity contribution < 1.29 is 14.5 Å². The van der Waals surface area contributed by atoms with Crippen molar-refractivity contribution in [2.75, 3.05) is 40.3 Å². The molecule has 0 amide bonds. The minimum absolute atomic E-state index is 1.03. The van der Waals surface area contributed by atoms with E-state index in [1.54, 1.807) is 16.9 Å². The van der Waals surface area contributed by atoms with E-state index in [0.717, 1.165) is 12.3 Å². The van der Waals surface area contributed by atoms with E-state index in [0.29, 0.717) is 0 Å². The van der Waals surface area contributed by atoms with Crippen molar-refractivity contribution in [3.05, 3.63) is 29.8 Å². The number of para-hydroxylation sites is 1. The zero-order valence-corrected chi connectivity index (χ0v) is 10.3. The van der Waals surface area contributed by atoms with E-state index in [4.69, 9.17) is 4.74 Å². The molecule has 2 N–H and O–H groups in total. The highest BCUT2D eigenvalue weighted by Gasteiger charge is 2.20. The molecule has 1 aromatic rings. The van der Waals surface area contributed by atoms with Gasteiger partial charge >= 0.3 is 0 Å². The molecule has 0 spiro atoms. The van der Waals surface area contributed by atoms with Crippen molar-refractivity contribution in [3.63, 3.8) is 0 Å². The molecule has 3 nitrogen and oxygen atoms in total. The van der Waals surface area contributed by atoms with Crippen molar-refractivity contribution in [1.29, 1.82) is 0 Å². The van der Waals surface area contributed by atoms with Crippen LogP contribution in [-0.2, 0) is 6.54 Å². The molecule has 0 saturated carbocycles. The molecule has 0 aromatic heterocycles. The predicted molar refractivity (Wildman–Crippen MR) is 64.0 cm³/mol. The summed E-state index contributed by atoms with van der Waals surface area (Å²) in [5, 5.41) is 0. The molecule has 0 aliphatic carbocycles. The lowest BCUT2D eigenvalue weighted by atomic mass is 10.1. The van der Waals surface area contributed by atoms with Gasteiger partial charge in [0.2, 0.25) is 0 Å². The summed E-state index contributed by atoms with van der Waals surface area (Å²) in [6.07, 6.45) is 0. The molecule has 1 heterocycles. The molecule has 1 fully saturated rings. The Morgan fingerprint density at radius 2 is 1.81 bits per heavy atom. The van der Waals surface area contributed by atoms with Crippen molar-refractivity contribution in [2.24, 2.45) is 0 Å². The number of ether oxygens (including phenoxy) is 1. The van der Waals surface area contributed by atoms with E-state index in [1.807, 2.05) is 6.07 Å². The van der Waals surface area contributed by atoms with Crippen LogP contribution in [0.3, 0.4) is 0 Å². The topological polar surface area (TPSA) is 18.1 Å². The van der Waals surface area contributed by atoms with Gasteiger partial charge in [-0.1, -0.05) is 12.1 Å². The number of methoxy groups -OCH3 is 1. The number of hydrogen-bond acceptors (Lipinski definition) is 1. The van der Waals surface area contributed by atoms with Crippen LogP contribution in [0, 0.1) is 0 Å². The van der Waals surface area contributed by atoms with Crippen molar-refractivity contribution in [1.82, 2.24) is 0 Å². The maximum absolute atomic E-state index is 5.39. The maximum Gasteiger partial charge on any atom is 0.127 e. The Kier molecular flexibility index (Phi) is 3.80. The molecule has 3 heteroatoms. The van der Waals surface area contributed by atoms with E-state index in [-0.39, 0.29) is 0 Å². The Morgan fingerprint density at radius 3 is 2.50 bits per heavy atom. The van der Waals surface area contributed by atoms with Gasteiger partial charge in [-0.05, 0) is 12.1 Å². The molecular formula is C13H22N2O+2. The SMILES string of the molecule is COc1ccccc1C[NH+]1CC[NH+](C)CC1. The second-order valence-electron chi connectivity index (χ2n) is 4.70. The van der Waals surface area contributed by atoms with Gasteiger partial charge in [-0.2, -0.15) is 0 Å². The zero-order chi connectivity index (χ0) is 11.4. The standard InChI is InChI=1S/C13H20N2O/c1-14-7-9-15(10-8-14)11-12-5-3-4-6-13(12)16-2/h3-6H,7-11H2,1-2H3/p+2. The number of rotatable bonds is 3. The maximum atomic E-state index is 5.39. The van der Waals surface area contributed by atoms with Crippen molar-refractivity contribution >= 4 is 0 Å². The van der Waals surface area contributed by atoms with Gasteiger partial charge in [0.15, 0.2) is 0 Å². The average Bonchev–Trinajstić information content (AvgIpc) is 2.33. The Labute approximate surface area is 97.6 Å². The third-order valence-corrected chi connectivity index (χ3v) is 3.44. The summed E-state index contributed by atoms with van der Waals surface area (Å²) in [6.45, 7) is 6.19. The van der Waals surface area contributed by atoms with E-state index in [9.17, 15) is 0 Å². The fraction of sp³-hybridized carbons (Fsp3) is 0.538. The van der Waals surface area contributed by atoms with Crippen LogP contribution in [0.5, 0.6) is 5.75 Å². The fourth-order valence-corrected chi connectivity index (χ4v) is 2.33. The molecule has 1 saturated heterocycles. The summed E-state index contributed by atoms with van der Waals surface area (Å²) in [4.78, 5) is 3.33. The molecule has 1 aromatic carbocycles. The van der Waals surface area contributed by atoms with E-state index < -0.39 is 0 Å². The molecule has 1 aliphatic heterocycles. The lowest BCUT2D eigenvalue weighted by molar-refractivity contribution is -1.01. The van der Waals surface area contributed by atoms with E-state index >= 15 is 0 Å². The van der Waals surface area contributed by atoms with Crippen molar-refractivity contribution in [3.8, 4) is 5.75 Å². The molecule has 0 radical (unpaired) electrons. The highest BCUT2D eigenvalue weighted by atomic mass is 16.5. The number of benzene rings is 1. The molecule has 0 atom stereocenters. The van der Waals surface area contributed by atoms with Crippen LogP contribution in [0.2, 0.25) is 0 Å². The Bertz CT molecular complexity index is 332. The van der Waals surface area contributed by atoms with Gasteiger partial charge in [0.1, 0.15) is 38.5 Å². The van der Waals surface area contributed by atoms with Gasteiger partial charge in [0, 0.05) is 5.56 Å². The largest absolute Gasteiger partial charge is 0.496 e. The molecule has 2 rings (SSSR count). The first-order chi connectivity index (χ1) is 7.79. The summed E-state index contributed by atoms with van der Waals surface area (Å²) in [7, 11) is 4.03. The van der Waals surface area contributed by atoms with Crippen LogP contribution >= 0.6 is 0 Å². The number of piperazine rings is 1. The highest BCUT2D eigenvalue weighted by Crippen LogP contribution is 2.15. The molecule has 1 aliphatic rings. The fourth-order valence-electron chi connectivity index (χ4n) is 2.33. The second-order valence-corrected chi connectivity index (χ2v) is 4.70. The lowest BCUT2D eigenvalue weighted by Crippen LogP contribution is -3.26. The first-order valence-corrected chi connectivity index (χ1v) is 6.06. The minimum Gasteiger partial charge on any atom is -0.496 e. The van der Waals surface area contributed by atoms with Crippen LogP contribution in [0.15, 0.2) is 24.3 Å². The summed E-state index contributed by atoms with van der Waals surface area (Å²) in [5.74, 6) is 1.03. The van der Waals surface area contributed by atoms with Gasteiger partial charge in [-0.3, -0.25) is 0 Å². The zero-order valence-electron chi connectivity index (χ0n) is 10.3. The van der Waals surface area contributed by atoms with Crippen LogP contribution in [0.25, 0.3) is 0 Å². The normalized spacial score (nSPS) is 25.4. The molecule has 16 heavy (non-hydrogen) atoms. The van der Waals surface area contributed by atoms with Gasteiger partial charge < -0.3 is 14.5 Å². The number of quaternary nitrogens is 2. The monoisotopic (exact) mass is 222 g/mol. The van der Waals surface area contributed by atoms with Gasteiger partial charge in [0.05, 0.1) is 14.2 Å². The third kappa shape index (κ3) is 2.74. The van der Waals surface area contributed by atoms with Crippen LogP contribution in [0.1, 0.15) is 5.56 Å². The predicted octanol–water partition coefficient (Wildman–Crippen LogP) is -1.39. The number of likely N-dealkylation sites (N-methyl/N-ethyl adjacent to an activating group) is 1.